The fourth-order valence-electron chi connectivity index (χ4n) is 1.83. The second-order valence-corrected chi connectivity index (χ2v) is 6.15. The van der Waals surface area contributed by atoms with Crippen LogP contribution in [0, 0.1) is 11.6 Å². The van der Waals surface area contributed by atoms with Gasteiger partial charge in [0.25, 0.3) is 5.91 Å². The molecular weight excluding hydrogens is 292 g/mol. The number of nitrogens with two attached hydrogens (primary N) is 1. The topological polar surface area (TPSA) is 74.8 Å². The van der Waals surface area contributed by atoms with Crippen LogP contribution < -0.4 is 16.0 Å². The van der Waals surface area contributed by atoms with E-state index in [1.165, 1.54) is 12.1 Å². The number of carbonyl (C=O) groups is 2. The summed E-state index contributed by atoms with van der Waals surface area (Å²) >= 11 is 0. The summed E-state index contributed by atoms with van der Waals surface area (Å²) < 4.78 is 26.4. The third-order valence-electron chi connectivity index (χ3n) is 2.85. The van der Waals surface area contributed by atoms with Gasteiger partial charge in [0, 0.05) is 17.2 Å². The predicted octanol–water partition coefficient (Wildman–Crippen LogP) is 1.21. The second-order valence-electron chi connectivity index (χ2n) is 6.15. The summed E-state index contributed by atoms with van der Waals surface area (Å²) in [4.78, 5) is 23.2. The fourth-order valence-corrected chi connectivity index (χ4v) is 1.83. The van der Waals surface area contributed by atoms with E-state index in [4.69, 9.17) is 0 Å². The number of rotatable bonds is 4. The van der Waals surface area contributed by atoms with Gasteiger partial charge in [0.05, 0.1) is 0 Å². The number of hydrogen-bond donors (Lipinski definition) is 3. The molecule has 0 unspecified atom stereocenters. The van der Waals surface area contributed by atoms with Crippen molar-refractivity contribution in [2.75, 3.05) is 6.54 Å². The molecule has 22 heavy (non-hydrogen) atoms. The summed E-state index contributed by atoms with van der Waals surface area (Å²) in [6, 6.07) is 2.36. The average molecular weight is 314 g/mol. The first-order chi connectivity index (χ1) is 10.1. The van der Waals surface area contributed by atoms with Crippen molar-refractivity contribution in [3.63, 3.8) is 0 Å². The molecule has 1 aromatic rings. The van der Waals surface area contributed by atoms with Gasteiger partial charge in [-0.1, -0.05) is 0 Å². The molecule has 0 bridgehead atoms. The Balaban J connectivity index is 2.48. The lowest BCUT2D eigenvalue weighted by Crippen LogP contribution is -2.87. The van der Waals surface area contributed by atoms with Gasteiger partial charge in [0.15, 0.2) is 6.54 Å². The van der Waals surface area contributed by atoms with Crippen LogP contribution in [0.1, 0.15) is 39.3 Å². The van der Waals surface area contributed by atoms with Crippen LogP contribution in [0.4, 0.5) is 13.6 Å². The fraction of sp³-hybridized carbons (Fsp3) is 0.467. The van der Waals surface area contributed by atoms with Crippen LogP contribution in [0.5, 0.6) is 0 Å². The number of nitrogens with one attached hydrogen (secondary N) is 2. The number of amides is 3. The zero-order valence-corrected chi connectivity index (χ0v) is 13.2. The highest BCUT2D eigenvalue weighted by atomic mass is 19.1. The minimum Gasteiger partial charge on any atom is -0.333 e. The Bertz CT molecular complexity index is 556. The molecule has 122 valence electrons. The molecular formula is C15H22F2N3O2+. The van der Waals surface area contributed by atoms with Crippen LogP contribution in [0.3, 0.4) is 0 Å². The van der Waals surface area contributed by atoms with Crippen LogP contribution >= 0.6 is 0 Å². The van der Waals surface area contributed by atoms with Crippen LogP contribution in [0.15, 0.2) is 18.2 Å². The van der Waals surface area contributed by atoms with Crippen molar-refractivity contribution in [3.05, 3.63) is 35.4 Å². The van der Waals surface area contributed by atoms with E-state index in [2.05, 4.69) is 10.6 Å². The first-order valence-electron chi connectivity index (χ1n) is 6.99. The van der Waals surface area contributed by atoms with Crippen molar-refractivity contribution in [1.82, 2.24) is 10.6 Å². The van der Waals surface area contributed by atoms with Crippen LogP contribution in [0.2, 0.25) is 0 Å². The summed E-state index contributed by atoms with van der Waals surface area (Å²) in [5.74, 6) is -1.80. The van der Waals surface area contributed by atoms with Crippen molar-refractivity contribution in [2.24, 2.45) is 0 Å². The van der Waals surface area contributed by atoms with Gasteiger partial charge in [0.2, 0.25) is 0 Å². The molecule has 1 rings (SSSR count). The molecule has 1 aromatic carbocycles. The monoisotopic (exact) mass is 314 g/mol. The van der Waals surface area contributed by atoms with Crippen LogP contribution in [0.25, 0.3) is 0 Å². The highest BCUT2D eigenvalue weighted by molar-refractivity contribution is 5.94. The van der Waals surface area contributed by atoms with E-state index in [0.29, 0.717) is 5.56 Å². The van der Waals surface area contributed by atoms with Crippen molar-refractivity contribution in [3.8, 4) is 0 Å². The van der Waals surface area contributed by atoms with Gasteiger partial charge in [-0.05, 0) is 39.8 Å². The molecule has 0 heterocycles. The van der Waals surface area contributed by atoms with Gasteiger partial charge < -0.3 is 10.6 Å². The summed E-state index contributed by atoms with van der Waals surface area (Å²) in [6.45, 7) is 7.03. The smallest absolute Gasteiger partial charge is 0.322 e. The van der Waals surface area contributed by atoms with Gasteiger partial charge in [-0.25, -0.2) is 13.6 Å². The van der Waals surface area contributed by atoms with Crippen LogP contribution in [-0.2, 0) is 4.79 Å². The lowest BCUT2D eigenvalue weighted by atomic mass is 10.1. The highest BCUT2D eigenvalue weighted by Crippen LogP contribution is 2.14. The molecule has 0 spiro atoms. The molecule has 5 nitrogen and oxygen atoms in total. The number of imide groups is 1. The van der Waals surface area contributed by atoms with Gasteiger partial charge in [-0.3, -0.25) is 10.1 Å². The highest BCUT2D eigenvalue weighted by Gasteiger charge is 2.19. The maximum atomic E-state index is 13.6. The molecule has 0 aliphatic carbocycles. The summed E-state index contributed by atoms with van der Waals surface area (Å²) in [5.41, 5.74) is -0.146. The molecule has 4 N–H and O–H groups in total. The Hall–Kier alpha value is -2.02. The van der Waals surface area contributed by atoms with E-state index in [-0.39, 0.29) is 12.6 Å². The minimum absolute atomic E-state index is 0.0461. The number of quaternary nitrogens is 1. The molecule has 0 saturated carbocycles. The minimum atomic E-state index is -0.658. The quantitative estimate of drug-likeness (QED) is 0.781. The molecule has 0 aromatic heterocycles. The van der Waals surface area contributed by atoms with Crippen molar-refractivity contribution in [2.45, 2.75) is 39.3 Å². The van der Waals surface area contributed by atoms with Gasteiger partial charge >= 0.3 is 6.03 Å². The number of benzene rings is 1. The van der Waals surface area contributed by atoms with Crippen molar-refractivity contribution < 1.29 is 23.7 Å². The van der Waals surface area contributed by atoms with E-state index in [0.717, 1.165) is 6.07 Å². The number of urea groups is 1. The van der Waals surface area contributed by atoms with Gasteiger partial charge in [-0.2, -0.15) is 0 Å². The lowest BCUT2D eigenvalue weighted by Gasteiger charge is -2.20. The van der Waals surface area contributed by atoms with E-state index in [9.17, 15) is 18.4 Å². The zero-order chi connectivity index (χ0) is 16.9. The van der Waals surface area contributed by atoms with Crippen LogP contribution in [-0.4, -0.2) is 24.0 Å². The normalized spacial score (nSPS) is 12.6. The molecule has 0 aliphatic rings. The third kappa shape index (κ3) is 6.17. The van der Waals surface area contributed by atoms with Gasteiger partial charge in [0.1, 0.15) is 17.7 Å². The summed E-state index contributed by atoms with van der Waals surface area (Å²) in [7, 11) is 0. The standard InChI is InChI=1S/C15H21F2N3O2/c1-9(11-6-5-10(16)7-12(11)17)18-8-13(21)19-14(22)20-15(2,3)4/h5-7,9,18H,8H2,1-4H3,(H2,19,20,21,22)/p+1/t9-/m1/s1. The van der Waals surface area contributed by atoms with E-state index in [1.54, 1.807) is 33.0 Å². The molecule has 0 aliphatic heterocycles. The maximum absolute atomic E-state index is 13.6. The summed E-state index contributed by atoms with van der Waals surface area (Å²) in [5, 5.41) is 6.36. The first kappa shape index (κ1) is 18.0. The molecule has 3 amide bonds. The molecule has 1 atom stereocenters. The molecule has 0 radical (unpaired) electrons. The second kappa shape index (κ2) is 7.31. The Labute approximate surface area is 128 Å². The van der Waals surface area contributed by atoms with E-state index in [1.807, 2.05) is 0 Å². The average Bonchev–Trinajstić information content (AvgIpc) is 2.33. The summed E-state index contributed by atoms with van der Waals surface area (Å²) in [6.07, 6.45) is 0. The largest absolute Gasteiger partial charge is 0.333 e. The Kier molecular flexibility index (Phi) is 5.99. The molecule has 7 heteroatoms. The first-order valence-corrected chi connectivity index (χ1v) is 6.99. The Morgan fingerprint density at radius 1 is 1.27 bits per heavy atom. The zero-order valence-electron chi connectivity index (χ0n) is 13.2. The number of carbonyl (C=O) groups excluding carboxylic acids is 2. The van der Waals surface area contributed by atoms with E-state index < -0.39 is 29.1 Å². The molecule has 0 fully saturated rings. The predicted molar refractivity (Wildman–Crippen MR) is 78.0 cm³/mol. The van der Waals surface area contributed by atoms with Crippen molar-refractivity contribution >= 4 is 11.9 Å². The molecule has 0 saturated heterocycles. The number of hydrogen-bond acceptors (Lipinski definition) is 2. The van der Waals surface area contributed by atoms with Gasteiger partial charge in [-0.15, -0.1) is 0 Å². The van der Waals surface area contributed by atoms with E-state index >= 15 is 0 Å². The Morgan fingerprint density at radius 2 is 1.91 bits per heavy atom. The third-order valence-corrected chi connectivity index (χ3v) is 2.85. The van der Waals surface area contributed by atoms with Crippen molar-refractivity contribution in [1.29, 1.82) is 0 Å². The Morgan fingerprint density at radius 3 is 2.45 bits per heavy atom. The SMILES string of the molecule is C[C@@H]([NH2+]CC(=O)NC(=O)NC(C)(C)C)c1ccc(F)cc1F. The lowest BCUT2D eigenvalue weighted by molar-refractivity contribution is -0.682. The number of halogens is 2. The maximum Gasteiger partial charge on any atom is 0.322 e.